The molecule has 1 N–H and O–H groups in total. The molecule has 2 aromatic carbocycles. The standard InChI is InChI=1S/C19H19ClFNO3/c1-3-24-17-7-12-6-11(2)25-18(12)8-13(17)10-22-19(23)15-9-14(20)4-5-16(15)21/h4-5,7-9,11H,3,6,10H2,1-2H3,(H,22,23)/t11-/m0/s1. The number of rotatable bonds is 5. The molecule has 1 aliphatic rings. The van der Waals surface area contributed by atoms with Crippen LogP contribution in [0.4, 0.5) is 4.39 Å². The smallest absolute Gasteiger partial charge is 0.254 e. The van der Waals surface area contributed by atoms with E-state index in [2.05, 4.69) is 5.32 Å². The fourth-order valence-electron chi connectivity index (χ4n) is 2.85. The van der Waals surface area contributed by atoms with E-state index >= 15 is 0 Å². The summed E-state index contributed by atoms with van der Waals surface area (Å²) in [5, 5.41) is 3.02. The molecule has 0 fully saturated rings. The minimum absolute atomic E-state index is 0.0866. The quantitative estimate of drug-likeness (QED) is 0.868. The van der Waals surface area contributed by atoms with Crippen molar-refractivity contribution in [1.82, 2.24) is 5.32 Å². The SMILES string of the molecule is CCOc1cc2c(cc1CNC(=O)c1cc(Cl)ccc1F)O[C@@H](C)C2. The Balaban J connectivity index is 1.79. The van der Waals surface area contributed by atoms with Gasteiger partial charge < -0.3 is 14.8 Å². The Hall–Kier alpha value is -2.27. The Labute approximate surface area is 150 Å². The van der Waals surface area contributed by atoms with Crippen molar-refractivity contribution in [3.63, 3.8) is 0 Å². The molecule has 132 valence electrons. The van der Waals surface area contributed by atoms with Crippen molar-refractivity contribution in [2.45, 2.75) is 32.9 Å². The zero-order chi connectivity index (χ0) is 18.0. The third-order valence-corrected chi connectivity index (χ3v) is 4.23. The van der Waals surface area contributed by atoms with Gasteiger partial charge in [0, 0.05) is 29.1 Å². The van der Waals surface area contributed by atoms with Crippen molar-refractivity contribution in [3.05, 3.63) is 57.9 Å². The maximum atomic E-state index is 13.8. The number of hydrogen-bond donors (Lipinski definition) is 1. The van der Waals surface area contributed by atoms with E-state index in [1.54, 1.807) is 0 Å². The first-order valence-corrected chi connectivity index (χ1v) is 8.54. The normalized spacial score (nSPS) is 15.4. The summed E-state index contributed by atoms with van der Waals surface area (Å²) in [5.41, 5.74) is 1.79. The first-order chi connectivity index (χ1) is 12.0. The van der Waals surface area contributed by atoms with E-state index in [4.69, 9.17) is 21.1 Å². The average molecular weight is 364 g/mol. The summed E-state index contributed by atoms with van der Waals surface area (Å²) in [6, 6.07) is 7.71. The molecule has 0 aliphatic carbocycles. The van der Waals surface area contributed by atoms with Gasteiger partial charge in [0.05, 0.1) is 12.2 Å². The lowest BCUT2D eigenvalue weighted by atomic mass is 10.1. The molecule has 3 rings (SSSR count). The van der Waals surface area contributed by atoms with Crippen LogP contribution in [0.15, 0.2) is 30.3 Å². The molecule has 0 aromatic heterocycles. The van der Waals surface area contributed by atoms with E-state index in [0.29, 0.717) is 17.4 Å². The van der Waals surface area contributed by atoms with Gasteiger partial charge in [-0.05, 0) is 44.2 Å². The fraction of sp³-hybridized carbons (Fsp3) is 0.316. The van der Waals surface area contributed by atoms with E-state index < -0.39 is 11.7 Å². The Morgan fingerprint density at radius 2 is 2.20 bits per heavy atom. The molecule has 1 atom stereocenters. The van der Waals surface area contributed by atoms with Gasteiger partial charge in [0.25, 0.3) is 5.91 Å². The van der Waals surface area contributed by atoms with Crippen LogP contribution in [-0.2, 0) is 13.0 Å². The van der Waals surface area contributed by atoms with Crippen molar-refractivity contribution in [1.29, 1.82) is 0 Å². The molecule has 0 radical (unpaired) electrons. The predicted octanol–water partition coefficient (Wildman–Crippen LogP) is 4.13. The maximum Gasteiger partial charge on any atom is 0.254 e. The number of benzene rings is 2. The molecule has 1 aliphatic heterocycles. The largest absolute Gasteiger partial charge is 0.494 e. The number of halogens is 2. The van der Waals surface area contributed by atoms with Crippen molar-refractivity contribution in [2.24, 2.45) is 0 Å². The molecule has 0 unspecified atom stereocenters. The molecular formula is C19H19ClFNO3. The van der Waals surface area contributed by atoms with E-state index in [0.717, 1.165) is 23.3 Å². The Bertz CT molecular complexity index is 809. The van der Waals surface area contributed by atoms with Gasteiger partial charge in [0.1, 0.15) is 23.4 Å². The summed E-state index contributed by atoms with van der Waals surface area (Å²) in [6.07, 6.45) is 0.949. The maximum absolute atomic E-state index is 13.8. The molecule has 4 nitrogen and oxygen atoms in total. The third-order valence-electron chi connectivity index (χ3n) is 3.99. The lowest BCUT2D eigenvalue weighted by Gasteiger charge is -2.13. The predicted molar refractivity (Wildman–Crippen MR) is 94.0 cm³/mol. The molecule has 1 amide bonds. The number of hydrogen-bond acceptors (Lipinski definition) is 3. The van der Waals surface area contributed by atoms with Gasteiger partial charge in [-0.15, -0.1) is 0 Å². The minimum Gasteiger partial charge on any atom is -0.494 e. The minimum atomic E-state index is -0.613. The second kappa shape index (κ2) is 7.31. The summed E-state index contributed by atoms with van der Waals surface area (Å²) < 4.78 is 25.2. The number of fused-ring (bicyclic) bond motifs is 1. The van der Waals surface area contributed by atoms with Crippen molar-refractivity contribution in [3.8, 4) is 11.5 Å². The molecule has 25 heavy (non-hydrogen) atoms. The second-order valence-corrected chi connectivity index (χ2v) is 6.38. The lowest BCUT2D eigenvalue weighted by molar-refractivity contribution is 0.0946. The molecular weight excluding hydrogens is 345 g/mol. The van der Waals surface area contributed by atoms with Crippen LogP contribution < -0.4 is 14.8 Å². The summed E-state index contributed by atoms with van der Waals surface area (Å²) in [4.78, 5) is 12.3. The van der Waals surface area contributed by atoms with Crippen LogP contribution in [0.1, 0.15) is 35.3 Å². The number of carbonyl (C=O) groups is 1. The van der Waals surface area contributed by atoms with Crippen LogP contribution >= 0.6 is 11.6 Å². The molecule has 0 spiro atoms. The van der Waals surface area contributed by atoms with Gasteiger partial charge in [-0.2, -0.15) is 0 Å². The number of ether oxygens (including phenoxy) is 2. The van der Waals surface area contributed by atoms with E-state index in [1.807, 2.05) is 26.0 Å². The first-order valence-electron chi connectivity index (χ1n) is 8.16. The molecule has 2 aromatic rings. The molecule has 0 saturated heterocycles. The van der Waals surface area contributed by atoms with Gasteiger partial charge in [-0.25, -0.2) is 4.39 Å². The highest BCUT2D eigenvalue weighted by atomic mass is 35.5. The van der Waals surface area contributed by atoms with Crippen LogP contribution in [0.5, 0.6) is 11.5 Å². The van der Waals surface area contributed by atoms with E-state index in [9.17, 15) is 9.18 Å². The fourth-order valence-corrected chi connectivity index (χ4v) is 3.02. The molecule has 0 bridgehead atoms. The lowest BCUT2D eigenvalue weighted by Crippen LogP contribution is -2.24. The van der Waals surface area contributed by atoms with Crippen molar-refractivity contribution in [2.75, 3.05) is 6.61 Å². The van der Waals surface area contributed by atoms with E-state index in [-0.39, 0.29) is 18.2 Å². The number of amides is 1. The highest BCUT2D eigenvalue weighted by molar-refractivity contribution is 6.31. The number of nitrogens with one attached hydrogen (secondary N) is 1. The summed E-state index contributed by atoms with van der Waals surface area (Å²) in [7, 11) is 0. The van der Waals surface area contributed by atoms with Gasteiger partial charge in [-0.1, -0.05) is 11.6 Å². The molecule has 6 heteroatoms. The summed E-state index contributed by atoms with van der Waals surface area (Å²) in [6.45, 7) is 4.62. The summed E-state index contributed by atoms with van der Waals surface area (Å²) >= 11 is 5.84. The summed E-state index contributed by atoms with van der Waals surface area (Å²) in [5.74, 6) is 0.357. The number of carbonyl (C=O) groups excluding carboxylic acids is 1. The van der Waals surface area contributed by atoms with E-state index in [1.165, 1.54) is 18.2 Å². The monoisotopic (exact) mass is 363 g/mol. The Morgan fingerprint density at radius 1 is 1.40 bits per heavy atom. The van der Waals surface area contributed by atoms with Crippen LogP contribution in [0.25, 0.3) is 0 Å². The highest BCUT2D eigenvalue weighted by Gasteiger charge is 2.22. The van der Waals surface area contributed by atoms with Crippen LogP contribution in [0.3, 0.4) is 0 Å². The third kappa shape index (κ3) is 3.87. The van der Waals surface area contributed by atoms with Gasteiger partial charge >= 0.3 is 0 Å². The van der Waals surface area contributed by atoms with Crippen molar-refractivity contribution < 1.29 is 18.7 Å². The Kier molecular flexibility index (Phi) is 5.13. The zero-order valence-corrected chi connectivity index (χ0v) is 14.8. The van der Waals surface area contributed by atoms with Crippen LogP contribution in [-0.4, -0.2) is 18.6 Å². The van der Waals surface area contributed by atoms with Gasteiger partial charge in [-0.3, -0.25) is 4.79 Å². The van der Waals surface area contributed by atoms with Crippen LogP contribution in [0, 0.1) is 5.82 Å². The molecule has 1 heterocycles. The highest BCUT2D eigenvalue weighted by Crippen LogP contribution is 2.35. The van der Waals surface area contributed by atoms with Crippen molar-refractivity contribution >= 4 is 17.5 Å². The van der Waals surface area contributed by atoms with Gasteiger partial charge in [0.2, 0.25) is 0 Å². The van der Waals surface area contributed by atoms with Crippen LogP contribution in [0.2, 0.25) is 5.02 Å². The topological polar surface area (TPSA) is 47.6 Å². The first kappa shape index (κ1) is 17.5. The van der Waals surface area contributed by atoms with Gasteiger partial charge in [0.15, 0.2) is 0 Å². The zero-order valence-electron chi connectivity index (χ0n) is 14.1. The average Bonchev–Trinajstić information content (AvgIpc) is 2.93. The molecule has 0 saturated carbocycles. The Morgan fingerprint density at radius 3 is 2.96 bits per heavy atom. The second-order valence-electron chi connectivity index (χ2n) is 5.94.